The van der Waals surface area contributed by atoms with Crippen LogP contribution in [-0.2, 0) is 12.8 Å². The van der Waals surface area contributed by atoms with Crippen molar-refractivity contribution < 1.29 is 14.9 Å². The molecule has 0 aromatic heterocycles. The molecule has 1 aromatic rings. The van der Waals surface area contributed by atoms with E-state index in [4.69, 9.17) is 14.9 Å². The van der Waals surface area contributed by atoms with Gasteiger partial charge in [-0.3, -0.25) is 0 Å². The highest BCUT2D eigenvalue weighted by Crippen LogP contribution is 2.23. The Labute approximate surface area is 96.7 Å². The zero-order valence-corrected chi connectivity index (χ0v) is 9.94. The molecule has 0 saturated carbocycles. The van der Waals surface area contributed by atoms with Crippen molar-refractivity contribution in [2.75, 3.05) is 20.3 Å². The highest BCUT2D eigenvalue weighted by atomic mass is 16.5. The maximum absolute atomic E-state index is 9.08. The van der Waals surface area contributed by atoms with Crippen LogP contribution in [0.25, 0.3) is 0 Å². The van der Waals surface area contributed by atoms with Crippen molar-refractivity contribution in [3.8, 4) is 5.75 Å². The molecule has 0 bridgehead atoms. The van der Waals surface area contributed by atoms with Crippen LogP contribution in [-0.4, -0.2) is 30.5 Å². The van der Waals surface area contributed by atoms with Gasteiger partial charge in [-0.05, 0) is 30.0 Å². The quantitative estimate of drug-likeness (QED) is 0.768. The van der Waals surface area contributed by atoms with E-state index < -0.39 is 0 Å². The maximum Gasteiger partial charge on any atom is 0.122 e. The fraction of sp³-hybridized carbons (Fsp3) is 0.538. The van der Waals surface area contributed by atoms with Crippen molar-refractivity contribution in [1.29, 1.82) is 0 Å². The van der Waals surface area contributed by atoms with Gasteiger partial charge in [0, 0.05) is 19.1 Å². The van der Waals surface area contributed by atoms with Crippen LogP contribution in [0.5, 0.6) is 5.75 Å². The molecule has 90 valence electrons. The van der Waals surface area contributed by atoms with Crippen molar-refractivity contribution >= 4 is 0 Å². The van der Waals surface area contributed by atoms with Gasteiger partial charge in [-0.25, -0.2) is 0 Å². The van der Waals surface area contributed by atoms with E-state index in [1.807, 2.05) is 12.1 Å². The van der Waals surface area contributed by atoms with Crippen molar-refractivity contribution in [2.45, 2.75) is 19.8 Å². The summed E-state index contributed by atoms with van der Waals surface area (Å²) >= 11 is 0. The summed E-state index contributed by atoms with van der Waals surface area (Å²) in [5.74, 6) is 0.713. The van der Waals surface area contributed by atoms with Gasteiger partial charge in [-0.1, -0.05) is 19.1 Å². The molecule has 0 saturated heterocycles. The summed E-state index contributed by atoms with van der Waals surface area (Å²) < 4.78 is 5.27. The van der Waals surface area contributed by atoms with E-state index in [1.165, 1.54) is 5.56 Å². The minimum atomic E-state index is -0.110. The number of hydrogen-bond donors (Lipinski definition) is 2. The Bertz CT molecular complexity index is 319. The minimum Gasteiger partial charge on any atom is -0.496 e. The van der Waals surface area contributed by atoms with Gasteiger partial charge in [0.2, 0.25) is 0 Å². The molecule has 0 amide bonds. The van der Waals surface area contributed by atoms with E-state index in [9.17, 15) is 0 Å². The molecule has 0 heterocycles. The third kappa shape index (κ3) is 3.22. The molecule has 1 aromatic carbocycles. The van der Waals surface area contributed by atoms with Crippen LogP contribution in [0.3, 0.4) is 0 Å². The highest BCUT2D eigenvalue weighted by molar-refractivity contribution is 5.37. The molecule has 3 heteroatoms. The smallest absolute Gasteiger partial charge is 0.122 e. The van der Waals surface area contributed by atoms with E-state index in [0.29, 0.717) is 6.42 Å². The SMILES string of the molecule is CCc1ccc(OC)c(CC(CO)CO)c1. The van der Waals surface area contributed by atoms with E-state index in [2.05, 4.69) is 13.0 Å². The second-order valence-electron chi connectivity index (χ2n) is 3.94. The number of hydrogen-bond acceptors (Lipinski definition) is 3. The molecule has 2 N–H and O–H groups in total. The third-order valence-electron chi connectivity index (χ3n) is 2.78. The third-order valence-corrected chi connectivity index (χ3v) is 2.78. The molecule has 16 heavy (non-hydrogen) atoms. The lowest BCUT2D eigenvalue weighted by Crippen LogP contribution is -2.14. The summed E-state index contributed by atoms with van der Waals surface area (Å²) in [4.78, 5) is 0. The van der Waals surface area contributed by atoms with Crippen molar-refractivity contribution in [3.05, 3.63) is 29.3 Å². The molecule has 3 nitrogen and oxygen atoms in total. The number of aryl methyl sites for hydroxylation is 1. The van der Waals surface area contributed by atoms with Crippen LogP contribution in [0, 0.1) is 5.92 Å². The molecule has 0 spiro atoms. The molecule has 0 unspecified atom stereocenters. The summed E-state index contributed by atoms with van der Waals surface area (Å²) in [6, 6.07) is 6.06. The second-order valence-corrected chi connectivity index (χ2v) is 3.94. The number of aliphatic hydroxyl groups excluding tert-OH is 2. The number of benzene rings is 1. The van der Waals surface area contributed by atoms with Crippen molar-refractivity contribution in [2.24, 2.45) is 5.92 Å². The van der Waals surface area contributed by atoms with Crippen LogP contribution in [0.2, 0.25) is 0 Å². The van der Waals surface area contributed by atoms with Gasteiger partial charge >= 0.3 is 0 Å². The summed E-state index contributed by atoms with van der Waals surface area (Å²) in [6.45, 7) is 2.09. The fourth-order valence-electron chi connectivity index (χ4n) is 1.71. The molecule has 0 atom stereocenters. The van der Waals surface area contributed by atoms with Crippen LogP contribution in [0.4, 0.5) is 0 Å². The van der Waals surface area contributed by atoms with Gasteiger partial charge in [-0.2, -0.15) is 0 Å². The van der Waals surface area contributed by atoms with E-state index in [1.54, 1.807) is 7.11 Å². The lowest BCUT2D eigenvalue weighted by atomic mass is 9.97. The largest absolute Gasteiger partial charge is 0.496 e. The van der Waals surface area contributed by atoms with Gasteiger partial charge < -0.3 is 14.9 Å². The van der Waals surface area contributed by atoms with Gasteiger partial charge in [0.15, 0.2) is 0 Å². The minimum absolute atomic E-state index is 0.00396. The molecule has 0 aliphatic heterocycles. The first-order valence-electron chi connectivity index (χ1n) is 5.62. The fourth-order valence-corrected chi connectivity index (χ4v) is 1.71. The lowest BCUT2D eigenvalue weighted by Gasteiger charge is -2.14. The van der Waals surface area contributed by atoms with Gasteiger partial charge in [0.05, 0.1) is 7.11 Å². The molecular formula is C13H20O3. The predicted octanol–water partition coefficient (Wildman–Crippen LogP) is 1.40. The first-order chi connectivity index (χ1) is 7.74. The topological polar surface area (TPSA) is 49.7 Å². The van der Waals surface area contributed by atoms with Crippen LogP contribution >= 0.6 is 0 Å². The number of ether oxygens (including phenoxy) is 1. The highest BCUT2D eigenvalue weighted by Gasteiger charge is 2.11. The summed E-state index contributed by atoms with van der Waals surface area (Å²) in [6.07, 6.45) is 1.62. The monoisotopic (exact) mass is 224 g/mol. The Hall–Kier alpha value is -1.06. The van der Waals surface area contributed by atoms with Crippen LogP contribution in [0.15, 0.2) is 18.2 Å². The Kier molecular flexibility index (Phi) is 5.29. The zero-order chi connectivity index (χ0) is 12.0. The summed E-state index contributed by atoms with van der Waals surface area (Å²) in [7, 11) is 1.64. The molecular weight excluding hydrogens is 204 g/mol. The second kappa shape index (κ2) is 6.51. The van der Waals surface area contributed by atoms with Crippen molar-refractivity contribution in [1.82, 2.24) is 0 Å². The van der Waals surface area contributed by atoms with E-state index in [0.717, 1.165) is 17.7 Å². The standard InChI is InChI=1S/C13H20O3/c1-3-10-4-5-13(16-2)12(6-10)7-11(8-14)9-15/h4-6,11,14-15H,3,7-9H2,1-2H3. The lowest BCUT2D eigenvalue weighted by molar-refractivity contribution is 0.149. The number of methoxy groups -OCH3 is 1. The molecule has 0 radical (unpaired) electrons. The average molecular weight is 224 g/mol. The normalized spacial score (nSPS) is 10.8. The molecule has 0 aliphatic rings. The van der Waals surface area contributed by atoms with Crippen molar-refractivity contribution in [3.63, 3.8) is 0 Å². The maximum atomic E-state index is 9.08. The Morgan fingerprint density at radius 1 is 1.25 bits per heavy atom. The van der Waals surface area contributed by atoms with Gasteiger partial charge in [0.25, 0.3) is 0 Å². The predicted molar refractivity (Wildman–Crippen MR) is 63.7 cm³/mol. The molecule has 0 fully saturated rings. The molecule has 0 aliphatic carbocycles. The number of rotatable bonds is 6. The first kappa shape index (κ1) is 13.0. The summed E-state index contributed by atoms with van der Waals surface area (Å²) in [5.41, 5.74) is 2.29. The summed E-state index contributed by atoms with van der Waals surface area (Å²) in [5, 5.41) is 18.2. The number of aliphatic hydroxyl groups is 2. The first-order valence-corrected chi connectivity index (χ1v) is 5.62. The van der Waals surface area contributed by atoms with Crippen LogP contribution in [0.1, 0.15) is 18.1 Å². The van der Waals surface area contributed by atoms with Gasteiger partial charge in [0.1, 0.15) is 5.75 Å². The average Bonchev–Trinajstić information content (AvgIpc) is 2.35. The Morgan fingerprint density at radius 3 is 2.44 bits per heavy atom. The Balaban J connectivity index is 2.90. The van der Waals surface area contributed by atoms with Gasteiger partial charge in [-0.15, -0.1) is 0 Å². The Morgan fingerprint density at radius 2 is 1.94 bits per heavy atom. The zero-order valence-electron chi connectivity index (χ0n) is 9.94. The molecule has 1 rings (SSSR count). The van der Waals surface area contributed by atoms with Crippen LogP contribution < -0.4 is 4.74 Å². The van der Waals surface area contributed by atoms with E-state index in [-0.39, 0.29) is 19.1 Å². The van der Waals surface area contributed by atoms with E-state index >= 15 is 0 Å².